The second kappa shape index (κ2) is 6.49. The maximum Gasteiger partial charge on any atom is 0.338 e. The first kappa shape index (κ1) is 14.5. The molecule has 1 N–H and O–H groups in total. The highest BCUT2D eigenvalue weighted by Crippen LogP contribution is 2.16. The molecule has 0 aromatic heterocycles. The van der Waals surface area contributed by atoms with Crippen LogP contribution in [-0.4, -0.2) is 47.9 Å². The van der Waals surface area contributed by atoms with Crippen LogP contribution in [0.3, 0.4) is 0 Å². The first-order valence-corrected chi connectivity index (χ1v) is 6.52. The lowest BCUT2D eigenvalue weighted by Crippen LogP contribution is -2.30. The standard InChI is InChI=1S/C14H17NO5/c1-2-7-19-14(18)12-6-4-3-5-11(12)13(17)15-8-10(16)9-20-15/h3-6,10,16H,2,7-9H2,1H3/t10-/m1/s1. The van der Waals surface area contributed by atoms with Gasteiger partial charge in [-0.15, -0.1) is 0 Å². The van der Waals surface area contributed by atoms with Crippen molar-refractivity contribution >= 4 is 11.9 Å². The molecule has 1 aromatic carbocycles. The van der Waals surface area contributed by atoms with Gasteiger partial charge in [-0.1, -0.05) is 19.1 Å². The second-order valence-corrected chi connectivity index (χ2v) is 4.50. The number of nitrogens with zero attached hydrogens (tertiary/aromatic N) is 1. The Morgan fingerprint density at radius 3 is 2.70 bits per heavy atom. The van der Waals surface area contributed by atoms with Gasteiger partial charge < -0.3 is 9.84 Å². The van der Waals surface area contributed by atoms with E-state index in [-0.39, 0.29) is 24.3 Å². The number of carbonyl (C=O) groups is 2. The molecule has 0 unspecified atom stereocenters. The van der Waals surface area contributed by atoms with Gasteiger partial charge in [0, 0.05) is 0 Å². The zero-order chi connectivity index (χ0) is 14.5. The van der Waals surface area contributed by atoms with Crippen LogP contribution in [0.15, 0.2) is 24.3 Å². The van der Waals surface area contributed by atoms with E-state index >= 15 is 0 Å². The number of amides is 1. The molecule has 0 radical (unpaired) electrons. The fourth-order valence-corrected chi connectivity index (χ4v) is 1.87. The number of hydroxylamine groups is 2. The Labute approximate surface area is 116 Å². The van der Waals surface area contributed by atoms with Crippen molar-refractivity contribution < 1.29 is 24.3 Å². The summed E-state index contributed by atoms with van der Waals surface area (Å²) in [6.07, 6.45) is 0.0154. The van der Waals surface area contributed by atoms with Crippen molar-refractivity contribution in [2.24, 2.45) is 0 Å². The molecule has 0 saturated carbocycles. The maximum absolute atomic E-state index is 12.3. The molecule has 0 spiro atoms. The number of β-amino-alcohol motifs (C(OH)–C–C–N with tert-alkyl or cyclic N) is 1. The third-order valence-corrected chi connectivity index (χ3v) is 2.84. The van der Waals surface area contributed by atoms with Gasteiger partial charge in [0.05, 0.1) is 24.3 Å². The van der Waals surface area contributed by atoms with Gasteiger partial charge in [-0.25, -0.2) is 9.86 Å². The van der Waals surface area contributed by atoms with Crippen LogP contribution in [0.2, 0.25) is 0 Å². The molecule has 1 heterocycles. The molecule has 1 aliphatic heterocycles. The van der Waals surface area contributed by atoms with Crippen molar-refractivity contribution in [3.05, 3.63) is 35.4 Å². The van der Waals surface area contributed by atoms with E-state index in [0.29, 0.717) is 13.0 Å². The van der Waals surface area contributed by atoms with E-state index in [2.05, 4.69) is 0 Å². The molecule has 1 fully saturated rings. The summed E-state index contributed by atoms with van der Waals surface area (Å²) >= 11 is 0. The number of esters is 1. The lowest BCUT2D eigenvalue weighted by atomic mass is 10.1. The average Bonchev–Trinajstić information content (AvgIpc) is 2.90. The van der Waals surface area contributed by atoms with Crippen LogP contribution < -0.4 is 0 Å². The Balaban J connectivity index is 2.19. The predicted molar refractivity (Wildman–Crippen MR) is 70.0 cm³/mol. The third-order valence-electron chi connectivity index (χ3n) is 2.84. The number of carbonyl (C=O) groups excluding carboxylic acids is 2. The smallest absolute Gasteiger partial charge is 0.338 e. The summed E-state index contributed by atoms with van der Waals surface area (Å²) in [5, 5.41) is 10.4. The van der Waals surface area contributed by atoms with E-state index in [1.54, 1.807) is 18.2 Å². The van der Waals surface area contributed by atoms with E-state index in [0.717, 1.165) is 5.06 Å². The Bertz CT molecular complexity index is 502. The fraction of sp³-hybridized carbons (Fsp3) is 0.429. The molecule has 1 amide bonds. The summed E-state index contributed by atoms with van der Waals surface area (Å²) in [5.74, 6) is -0.985. The fourth-order valence-electron chi connectivity index (χ4n) is 1.87. The molecule has 2 rings (SSSR count). The van der Waals surface area contributed by atoms with Crippen molar-refractivity contribution in [2.75, 3.05) is 19.8 Å². The summed E-state index contributed by atoms with van der Waals surface area (Å²) in [7, 11) is 0. The van der Waals surface area contributed by atoms with Gasteiger partial charge in [-0.3, -0.25) is 9.63 Å². The van der Waals surface area contributed by atoms with E-state index in [1.807, 2.05) is 6.92 Å². The van der Waals surface area contributed by atoms with Crippen LogP contribution in [0.25, 0.3) is 0 Å². The Hall–Kier alpha value is -1.92. The summed E-state index contributed by atoms with van der Waals surface area (Å²) < 4.78 is 5.05. The molecular weight excluding hydrogens is 262 g/mol. The molecule has 1 saturated heterocycles. The van der Waals surface area contributed by atoms with E-state index in [1.165, 1.54) is 6.07 Å². The lowest BCUT2D eigenvalue weighted by molar-refractivity contribution is -0.0780. The third kappa shape index (κ3) is 3.15. The molecule has 1 atom stereocenters. The van der Waals surface area contributed by atoms with Crippen LogP contribution in [0.5, 0.6) is 0 Å². The van der Waals surface area contributed by atoms with Crippen LogP contribution in [0.1, 0.15) is 34.1 Å². The number of hydrogen-bond donors (Lipinski definition) is 1. The van der Waals surface area contributed by atoms with Gasteiger partial charge in [-0.2, -0.15) is 0 Å². The molecular formula is C14H17NO5. The van der Waals surface area contributed by atoms with Crippen LogP contribution in [0.4, 0.5) is 0 Å². The van der Waals surface area contributed by atoms with Gasteiger partial charge in [-0.05, 0) is 18.6 Å². The van der Waals surface area contributed by atoms with Gasteiger partial charge >= 0.3 is 5.97 Å². The van der Waals surface area contributed by atoms with E-state index < -0.39 is 18.0 Å². The first-order chi connectivity index (χ1) is 9.63. The minimum absolute atomic E-state index is 0.0776. The van der Waals surface area contributed by atoms with E-state index in [9.17, 15) is 14.7 Å². The van der Waals surface area contributed by atoms with Crippen molar-refractivity contribution in [3.8, 4) is 0 Å². The lowest BCUT2D eigenvalue weighted by Gasteiger charge is -2.15. The van der Waals surface area contributed by atoms with E-state index in [4.69, 9.17) is 9.57 Å². The predicted octanol–water partition coefficient (Wildman–Crippen LogP) is 1.00. The quantitative estimate of drug-likeness (QED) is 0.832. The normalized spacial score (nSPS) is 18.1. The molecule has 6 nitrogen and oxygen atoms in total. The monoisotopic (exact) mass is 279 g/mol. The SMILES string of the molecule is CCCOC(=O)c1ccccc1C(=O)N1C[C@@H](O)CO1. The number of aliphatic hydroxyl groups is 1. The van der Waals surface area contributed by atoms with Crippen molar-refractivity contribution in [2.45, 2.75) is 19.4 Å². The summed E-state index contributed by atoms with van der Waals surface area (Å²) in [5.41, 5.74) is 0.415. The zero-order valence-corrected chi connectivity index (χ0v) is 11.2. The summed E-state index contributed by atoms with van der Waals surface area (Å²) in [4.78, 5) is 29.3. The number of hydrogen-bond acceptors (Lipinski definition) is 5. The summed E-state index contributed by atoms with van der Waals surface area (Å²) in [6, 6.07) is 6.41. The van der Waals surface area contributed by atoms with Crippen molar-refractivity contribution in [1.82, 2.24) is 5.06 Å². The van der Waals surface area contributed by atoms with Crippen LogP contribution in [0, 0.1) is 0 Å². The minimum Gasteiger partial charge on any atom is -0.462 e. The molecule has 0 bridgehead atoms. The largest absolute Gasteiger partial charge is 0.462 e. The number of rotatable bonds is 4. The summed E-state index contributed by atoms with van der Waals surface area (Å²) in [6.45, 7) is 2.37. The van der Waals surface area contributed by atoms with Crippen LogP contribution >= 0.6 is 0 Å². The number of ether oxygens (including phenoxy) is 1. The highest BCUT2D eigenvalue weighted by molar-refractivity contribution is 6.05. The topological polar surface area (TPSA) is 76.1 Å². The van der Waals surface area contributed by atoms with Gasteiger partial charge in [0.1, 0.15) is 12.7 Å². The number of benzene rings is 1. The highest BCUT2D eigenvalue weighted by atomic mass is 16.7. The molecule has 108 valence electrons. The molecule has 0 aliphatic carbocycles. The Morgan fingerprint density at radius 2 is 2.10 bits per heavy atom. The molecule has 6 heteroatoms. The molecule has 1 aromatic rings. The van der Waals surface area contributed by atoms with Gasteiger partial charge in [0.15, 0.2) is 0 Å². The minimum atomic E-state index is -0.696. The number of aliphatic hydroxyl groups excluding tert-OH is 1. The average molecular weight is 279 g/mol. The molecule has 1 aliphatic rings. The van der Waals surface area contributed by atoms with Gasteiger partial charge in [0.25, 0.3) is 5.91 Å². The van der Waals surface area contributed by atoms with Crippen molar-refractivity contribution in [3.63, 3.8) is 0 Å². The molecule has 20 heavy (non-hydrogen) atoms. The van der Waals surface area contributed by atoms with Crippen molar-refractivity contribution in [1.29, 1.82) is 0 Å². The Kier molecular flexibility index (Phi) is 4.70. The maximum atomic E-state index is 12.3. The van der Waals surface area contributed by atoms with Crippen LogP contribution in [-0.2, 0) is 9.57 Å². The second-order valence-electron chi connectivity index (χ2n) is 4.50. The van der Waals surface area contributed by atoms with Gasteiger partial charge in [0.2, 0.25) is 0 Å². The highest BCUT2D eigenvalue weighted by Gasteiger charge is 2.29. The zero-order valence-electron chi connectivity index (χ0n) is 11.2. The Morgan fingerprint density at radius 1 is 1.40 bits per heavy atom. The first-order valence-electron chi connectivity index (χ1n) is 6.52.